The lowest BCUT2D eigenvalue weighted by atomic mass is 9.98. The quantitative estimate of drug-likeness (QED) is 0.807. The maximum Gasteiger partial charge on any atom is 0.317 e. The third-order valence-electron chi connectivity index (χ3n) is 3.61. The third kappa shape index (κ3) is 3.89. The zero-order valence-corrected chi connectivity index (χ0v) is 11.5. The highest BCUT2D eigenvalue weighted by Gasteiger charge is 2.29. The molecule has 5 nitrogen and oxygen atoms in total. The van der Waals surface area contributed by atoms with Crippen LogP contribution < -0.4 is 5.32 Å². The van der Waals surface area contributed by atoms with Gasteiger partial charge in [0.2, 0.25) is 0 Å². The number of hydrogen-bond acceptors (Lipinski definition) is 2. The van der Waals surface area contributed by atoms with Crippen LogP contribution in [0.15, 0.2) is 0 Å². The molecule has 2 atom stereocenters. The Morgan fingerprint density at radius 1 is 1.44 bits per heavy atom. The van der Waals surface area contributed by atoms with E-state index in [0.29, 0.717) is 25.4 Å². The summed E-state index contributed by atoms with van der Waals surface area (Å²) in [4.78, 5) is 24.6. The van der Waals surface area contributed by atoms with Gasteiger partial charge in [-0.2, -0.15) is 0 Å². The molecule has 1 aliphatic heterocycles. The average molecular weight is 256 g/mol. The number of carbonyl (C=O) groups excluding carboxylic acids is 1. The Morgan fingerprint density at radius 2 is 2.11 bits per heavy atom. The third-order valence-corrected chi connectivity index (χ3v) is 3.61. The maximum atomic E-state index is 12.1. The van der Waals surface area contributed by atoms with E-state index in [1.54, 1.807) is 4.90 Å². The second-order valence-electron chi connectivity index (χ2n) is 5.33. The van der Waals surface area contributed by atoms with E-state index < -0.39 is 11.9 Å². The number of rotatable bonds is 4. The Labute approximate surface area is 109 Å². The van der Waals surface area contributed by atoms with Gasteiger partial charge in [-0.1, -0.05) is 20.8 Å². The van der Waals surface area contributed by atoms with Gasteiger partial charge in [0.25, 0.3) is 0 Å². The van der Waals surface area contributed by atoms with E-state index in [1.165, 1.54) is 0 Å². The molecule has 2 amide bonds. The van der Waals surface area contributed by atoms with Crippen LogP contribution in [-0.2, 0) is 4.79 Å². The number of nitrogens with zero attached hydrogens (tertiary/aromatic N) is 1. The van der Waals surface area contributed by atoms with Gasteiger partial charge >= 0.3 is 12.0 Å². The largest absolute Gasteiger partial charge is 0.481 e. The zero-order valence-electron chi connectivity index (χ0n) is 11.5. The summed E-state index contributed by atoms with van der Waals surface area (Å²) in [7, 11) is 0. The first kappa shape index (κ1) is 14.8. The van der Waals surface area contributed by atoms with E-state index in [4.69, 9.17) is 5.11 Å². The minimum Gasteiger partial charge on any atom is -0.481 e. The van der Waals surface area contributed by atoms with Crippen LogP contribution in [0.5, 0.6) is 0 Å². The van der Waals surface area contributed by atoms with Gasteiger partial charge in [0.15, 0.2) is 0 Å². The first-order valence-corrected chi connectivity index (χ1v) is 6.74. The van der Waals surface area contributed by atoms with Crippen molar-refractivity contribution in [3.8, 4) is 0 Å². The van der Waals surface area contributed by atoms with Crippen molar-refractivity contribution in [1.29, 1.82) is 0 Å². The normalized spacial score (nSPS) is 21.8. The smallest absolute Gasteiger partial charge is 0.317 e. The van der Waals surface area contributed by atoms with Crippen molar-refractivity contribution in [2.24, 2.45) is 11.8 Å². The molecular formula is C13H24N2O3. The van der Waals surface area contributed by atoms with Crippen LogP contribution in [0.4, 0.5) is 4.79 Å². The Hall–Kier alpha value is -1.26. The second kappa shape index (κ2) is 6.61. The van der Waals surface area contributed by atoms with Gasteiger partial charge in [0.05, 0.1) is 5.92 Å². The Balaban J connectivity index is 2.53. The summed E-state index contributed by atoms with van der Waals surface area (Å²) in [5.41, 5.74) is 0. The van der Waals surface area contributed by atoms with Crippen molar-refractivity contribution in [2.75, 3.05) is 13.1 Å². The predicted octanol–water partition coefficient (Wildman–Crippen LogP) is 1.93. The molecule has 104 valence electrons. The number of nitrogens with one attached hydrogen (secondary N) is 1. The van der Waals surface area contributed by atoms with Gasteiger partial charge in [-0.15, -0.1) is 0 Å². The number of hydrogen-bond donors (Lipinski definition) is 2. The Bertz CT molecular complexity index is 305. The highest BCUT2D eigenvalue weighted by atomic mass is 16.4. The predicted molar refractivity (Wildman–Crippen MR) is 69.4 cm³/mol. The molecular weight excluding hydrogens is 232 g/mol. The number of carboxylic acids is 1. The topological polar surface area (TPSA) is 69.6 Å². The van der Waals surface area contributed by atoms with Gasteiger partial charge in [-0.25, -0.2) is 4.79 Å². The number of aliphatic carboxylic acids is 1. The number of urea groups is 1. The fourth-order valence-corrected chi connectivity index (χ4v) is 2.35. The molecule has 0 aromatic heterocycles. The highest BCUT2D eigenvalue weighted by molar-refractivity contribution is 5.76. The lowest BCUT2D eigenvalue weighted by molar-refractivity contribution is -0.143. The molecule has 5 heteroatoms. The van der Waals surface area contributed by atoms with E-state index in [0.717, 1.165) is 12.8 Å². The molecule has 0 aliphatic carbocycles. The standard InChI is InChI=1S/C13H24N2O3/c1-4-11(9(2)3)14-13(18)15-7-5-6-10(8-15)12(16)17/h9-11H,4-8H2,1-3H3,(H,14,18)(H,16,17)/t10-,11?/m1/s1. The van der Waals surface area contributed by atoms with E-state index in [-0.39, 0.29) is 12.1 Å². The minimum absolute atomic E-state index is 0.124. The van der Waals surface area contributed by atoms with Gasteiger partial charge in [0, 0.05) is 19.1 Å². The molecule has 0 spiro atoms. The van der Waals surface area contributed by atoms with Crippen molar-refractivity contribution in [2.45, 2.75) is 46.1 Å². The summed E-state index contributed by atoms with van der Waals surface area (Å²) >= 11 is 0. The van der Waals surface area contributed by atoms with Crippen molar-refractivity contribution >= 4 is 12.0 Å². The number of carbonyl (C=O) groups is 2. The molecule has 1 aliphatic rings. The lowest BCUT2D eigenvalue weighted by Gasteiger charge is -2.32. The van der Waals surface area contributed by atoms with Crippen molar-refractivity contribution in [3.05, 3.63) is 0 Å². The lowest BCUT2D eigenvalue weighted by Crippen LogP contribution is -2.50. The highest BCUT2D eigenvalue weighted by Crippen LogP contribution is 2.17. The van der Waals surface area contributed by atoms with Crippen molar-refractivity contribution in [1.82, 2.24) is 10.2 Å². The Morgan fingerprint density at radius 3 is 2.61 bits per heavy atom. The first-order chi connectivity index (χ1) is 8.45. The molecule has 1 saturated heterocycles. The molecule has 0 aromatic carbocycles. The van der Waals surface area contributed by atoms with Crippen LogP contribution in [-0.4, -0.2) is 41.1 Å². The summed E-state index contributed by atoms with van der Waals surface area (Å²) in [5, 5.41) is 12.0. The van der Waals surface area contributed by atoms with Crippen molar-refractivity contribution < 1.29 is 14.7 Å². The number of amides is 2. The molecule has 1 heterocycles. The van der Waals surface area contributed by atoms with Crippen LogP contribution >= 0.6 is 0 Å². The molecule has 0 bridgehead atoms. The molecule has 0 saturated carbocycles. The first-order valence-electron chi connectivity index (χ1n) is 6.74. The zero-order chi connectivity index (χ0) is 13.7. The van der Waals surface area contributed by atoms with Crippen LogP contribution in [0.1, 0.15) is 40.0 Å². The SMILES string of the molecule is CCC(NC(=O)N1CCC[C@@H](C(=O)O)C1)C(C)C. The van der Waals surface area contributed by atoms with E-state index in [1.807, 2.05) is 6.92 Å². The van der Waals surface area contributed by atoms with E-state index in [9.17, 15) is 9.59 Å². The molecule has 18 heavy (non-hydrogen) atoms. The number of carboxylic acid groups (broad SMARTS) is 1. The molecule has 1 fully saturated rings. The second-order valence-corrected chi connectivity index (χ2v) is 5.33. The van der Waals surface area contributed by atoms with Gasteiger partial charge in [-0.3, -0.25) is 4.79 Å². The fourth-order valence-electron chi connectivity index (χ4n) is 2.35. The van der Waals surface area contributed by atoms with Crippen LogP contribution in [0, 0.1) is 11.8 Å². The summed E-state index contributed by atoms with van der Waals surface area (Å²) in [6.07, 6.45) is 2.32. The van der Waals surface area contributed by atoms with Gasteiger partial charge < -0.3 is 15.3 Å². The summed E-state index contributed by atoms with van der Waals surface area (Å²) in [5.74, 6) is -0.828. The molecule has 0 radical (unpaired) electrons. The maximum absolute atomic E-state index is 12.1. The minimum atomic E-state index is -0.802. The van der Waals surface area contributed by atoms with Crippen LogP contribution in [0.3, 0.4) is 0 Å². The van der Waals surface area contributed by atoms with E-state index >= 15 is 0 Å². The Kier molecular flexibility index (Phi) is 5.44. The molecule has 1 rings (SSSR count). The van der Waals surface area contributed by atoms with Crippen LogP contribution in [0.2, 0.25) is 0 Å². The number of likely N-dealkylation sites (tertiary alicyclic amines) is 1. The monoisotopic (exact) mass is 256 g/mol. The van der Waals surface area contributed by atoms with Crippen LogP contribution in [0.25, 0.3) is 0 Å². The average Bonchev–Trinajstić information content (AvgIpc) is 2.35. The summed E-state index contributed by atoms with van der Waals surface area (Å²) in [6.45, 7) is 7.18. The number of piperidine rings is 1. The molecule has 2 N–H and O–H groups in total. The molecule has 1 unspecified atom stereocenters. The molecule has 0 aromatic rings. The summed E-state index contributed by atoms with van der Waals surface area (Å²) < 4.78 is 0. The fraction of sp³-hybridized carbons (Fsp3) is 0.846. The van der Waals surface area contributed by atoms with Gasteiger partial charge in [0.1, 0.15) is 0 Å². The van der Waals surface area contributed by atoms with Crippen molar-refractivity contribution in [3.63, 3.8) is 0 Å². The summed E-state index contributed by atoms with van der Waals surface area (Å²) in [6, 6.07) is 0.0317. The van der Waals surface area contributed by atoms with Gasteiger partial charge in [-0.05, 0) is 25.2 Å². The van der Waals surface area contributed by atoms with E-state index in [2.05, 4.69) is 19.2 Å².